The first kappa shape index (κ1) is 18.9. The van der Waals surface area contributed by atoms with Gasteiger partial charge in [0.1, 0.15) is 18.0 Å². The predicted molar refractivity (Wildman–Crippen MR) is 117 cm³/mol. The average molecular weight is 414 g/mol. The van der Waals surface area contributed by atoms with Crippen LogP contribution in [-0.2, 0) is 0 Å². The molecule has 0 aliphatic heterocycles. The van der Waals surface area contributed by atoms with Gasteiger partial charge in [0.25, 0.3) is 5.56 Å². The van der Waals surface area contributed by atoms with Gasteiger partial charge in [0, 0.05) is 11.2 Å². The maximum Gasteiger partial charge on any atom is 0.263 e. The summed E-state index contributed by atoms with van der Waals surface area (Å²) >= 11 is 0. The van der Waals surface area contributed by atoms with Gasteiger partial charge in [0.2, 0.25) is 0 Å². The molecule has 0 spiro atoms. The monoisotopic (exact) mass is 414 g/mol. The van der Waals surface area contributed by atoms with E-state index in [1.54, 1.807) is 27.4 Å². The lowest BCUT2D eigenvalue weighted by atomic mass is 9.96. The van der Waals surface area contributed by atoms with Crippen molar-refractivity contribution in [3.05, 3.63) is 88.5 Å². The summed E-state index contributed by atoms with van der Waals surface area (Å²) in [5, 5.41) is 5.10. The zero-order valence-electron chi connectivity index (χ0n) is 17.0. The molecule has 0 radical (unpaired) electrons. The summed E-state index contributed by atoms with van der Waals surface area (Å²) in [6.45, 7) is 3.79. The molecule has 1 unspecified atom stereocenters. The van der Waals surface area contributed by atoms with Gasteiger partial charge in [-0.05, 0) is 55.3 Å². The Labute approximate surface area is 176 Å². The number of fused-ring (bicyclic) bond motifs is 2. The molecule has 0 fully saturated rings. The standard InChI is InChI=1S/C23H19FN6O/c1-13-5-3-8-17-10-18(14(2)30-22-19(11-28-30)21(25)26-12-27-22)20(23(31)29(13)17)15-6-4-7-16(24)9-15/h3-12,14H,1-2H3,(H2,25,26,27). The van der Waals surface area contributed by atoms with E-state index < -0.39 is 5.82 Å². The molecule has 5 aromatic rings. The molecular formula is C23H19FN6O. The van der Waals surface area contributed by atoms with Crippen LogP contribution in [0.1, 0.15) is 24.2 Å². The number of anilines is 1. The van der Waals surface area contributed by atoms with Gasteiger partial charge in [-0.25, -0.2) is 19.0 Å². The Balaban J connectivity index is 1.84. The van der Waals surface area contributed by atoms with E-state index in [1.165, 1.54) is 18.5 Å². The van der Waals surface area contributed by atoms with Gasteiger partial charge in [-0.2, -0.15) is 5.10 Å². The molecule has 0 saturated carbocycles. The highest BCUT2D eigenvalue weighted by molar-refractivity contribution is 5.85. The first-order chi connectivity index (χ1) is 15.0. The number of benzene rings is 1. The number of pyridine rings is 2. The fourth-order valence-corrected chi connectivity index (χ4v) is 4.05. The number of hydrogen-bond donors (Lipinski definition) is 1. The number of aromatic nitrogens is 5. The van der Waals surface area contributed by atoms with Crippen molar-refractivity contribution in [3.63, 3.8) is 0 Å². The summed E-state index contributed by atoms with van der Waals surface area (Å²) in [7, 11) is 0. The molecule has 0 saturated heterocycles. The summed E-state index contributed by atoms with van der Waals surface area (Å²) in [5.41, 5.74) is 9.50. The van der Waals surface area contributed by atoms with Crippen molar-refractivity contribution < 1.29 is 4.39 Å². The van der Waals surface area contributed by atoms with Gasteiger partial charge in [0.05, 0.1) is 23.2 Å². The second-order valence-corrected chi connectivity index (χ2v) is 7.48. The fraction of sp³-hybridized carbons (Fsp3) is 0.130. The summed E-state index contributed by atoms with van der Waals surface area (Å²) in [6, 6.07) is 13.3. The lowest BCUT2D eigenvalue weighted by Gasteiger charge is -2.19. The average Bonchev–Trinajstić information content (AvgIpc) is 3.18. The minimum Gasteiger partial charge on any atom is -0.383 e. The zero-order chi connectivity index (χ0) is 21.7. The smallest absolute Gasteiger partial charge is 0.263 e. The lowest BCUT2D eigenvalue weighted by Crippen LogP contribution is -2.22. The highest BCUT2D eigenvalue weighted by atomic mass is 19.1. The number of rotatable bonds is 3. The second kappa shape index (κ2) is 7.02. The third-order valence-corrected chi connectivity index (χ3v) is 5.58. The highest BCUT2D eigenvalue weighted by Gasteiger charge is 2.22. The van der Waals surface area contributed by atoms with Crippen LogP contribution >= 0.6 is 0 Å². The molecule has 2 N–H and O–H groups in total. The lowest BCUT2D eigenvalue weighted by molar-refractivity contribution is 0.579. The Bertz CT molecular complexity index is 1520. The van der Waals surface area contributed by atoms with Crippen LogP contribution < -0.4 is 11.3 Å². The molecule has 4 aromatic heterocycles. The van der Waals surface area contributed by atoms with Crippen LogP contribution in [0, 0.1) is 12.7 Å². The Kier molecular flexibility index (Phi) is 4.28. The normalized spacial score (nSPS) is 12.5. The Morgan fingerprint density at radius 1 is 1.10 bits per heavy atom. The molecule has 0 bridgehead atoms. The number of hydrogen-bond acceptors (Lipinski definition) is 5. The van der Waals surface area contributed by atoms with Crippen LogP contribution in [0.4, 0.5) is 10.2 Å². The fourth-order valence-electron chi connectivity index (χ4n) is 4.05. The van der Waals surface area contributed by atoms with Crippen molar-refractivity contribution in [2.45, 2.75) is 19.9 Å². The molecular weight excluding hydrogens is 395 g/mol. The van der Waals surface area contributed by atoms with Crippen molar-refractivity contribution in [1.82, 2.24) is 24.1 Å². The summed E-state index contributed by atoms with van der Waals surface area (Å²) in [6.07, 6.45) is 3.00. The number of halogens is 1. The Hall–Kier alpha value is -4.07. The van der Waals surface area contributed by atoms with Crippen molar-refractivity contribution in [1.29, 1.82) is 0 Å². The van der Waals surface area contributed by atoms with E-state index >= 15 is 0 Å². The molecule has 5 rings (SSSR count). The van der Waals surface area contributed by atoms with Crippen molar-refractivity contribution in [3.8, 4) is 11.1 Å². The van der Waals surface area contributed by atoms with Gasteiger partial charge in [-0.3, -0.25) is 9.20 Å². The second-order valence-electron chi connectivity index (χ2n) is 7.48. The van der Waals surface area contributed by atoms with Crippen LogP contribution in [-0.4, -0.2) is 24.1 Å². The maximum atomic E-state index is 14.1. The summed E-state index contributed by atoms with van der Waals surface area (Å²) < 4.78 is 17.4. The van der Waals surface area contributed by atoms with Gasteiger partial charge in [-0.1, -0.05) is 18.2 Å². The molecule has 0 amide bonds. The molecule has 0 aliphatic carbocycles. The van der Waals surface area contributed by atoms with E-state index in [2.05, 4.69) is 15.1 Å². The van der Waals surface area contributed by atoms with Gasteiger partial charge < -0.3 is 5.73 Å². The molecule has 4 heterocycles. The minimum absolute atomic E-state index is 0.214. The number of nitrogens with two attached hydrogens (primary N) is 1. The van der Waals surface area contributed by atoms with E-state index in [4.69, 9.17) is 5.73 Å². The van der Waals surface area contributed by atoms with Crippen molar-refractivity contribution in [2.75, 3.05) is 5.73 Å². The highest BCUT2D eigenvalue weighted by Crippen LogP contribution is 2.31. The SMILES string of the molecule is Cc1cccc2cc(C(C)n3ncc4c(N)ncnc43)c(-c3cccc(F)c3)c(=O)n12. The molecule has 31 heavy (non-hydrogen) atoms. The van der Waals surface area contributed by atoms with Crippen molar-refractivity contribution >= 4 is 22.4 Å². The van der Waals surface area contributed by atoms with Gasteiger partial charge in [0.15, 0.2) is 5.65 Å². The largest absolute Gasteiger partial charge is 0.383 e. The predicted octanol–water partition coefficient (Wildman–Crippen LogP) is 3.75. The van der Waals surface area contributed by atoms with E-state index in [-0.39, 0.29) is 11.6 Å². The third-order valence-electron chi connectivity index (χ3n) is 5.58. The number of nitrogen functional groups attached to an aromatic ring is 1. The van der Waals surface area contributed by atoms with Gasteiger partial charge in [-0.15, -0.1) is 0 Å². The van der Waals surface area contributed by atoms with Gasteiger partial charge >= 0.3 is 0 Å². The summed E-state index contributed by atoms with van der Waals surface area (Å²) in [5.74, 6) is -0.0709. The van der Waals surface area contributed by atoms with Crippen LogP contribution in [0.5, 0.6) is 0 Å². The van der Waals surface area contributed by atoms with Crippen molar-refractivity contribution in [2.24, 2.45) is 0 Å². The molecule has 1 atom stereocenters. The third kappa shape index (κ3) is 2.95. The maximum absolute atomic E-state index is 14.1. The van der Waals surface area contributed by atoms with Crippen LogP contribution in [0.15, 0.2) is 65.8 Å². The topological polar surface area (TPSA) is 91.1 Å². The Morgan fingerprint density at radius 2 is 1.90 bits per heavy atom. The number of nitrogens with zero attached hydrogens (tertiary/aromatic N) is 5. The van der Waals surface area contributed by atoms with E-state index in [0.29, 0.717) is 33.5 Å². The van der Waals surface area contributed by atoms with Crippen LogP contribution in [0.25, 0.3) is 27.7 Å². The Morgan fingerprint density at radius 3 is 2.71 bits per heavy atom. The van der Waals surface area contributed by atoms with Crippen LogP contribution in [0.3, 0.4) is 0 Å². The first-order valence-corrected chi connectivity index (χ1v) is 9.80. The molecule has 0 aliphatic rings. The zero-order valence-corrected chi connectivity index (χ0v) is 17.0. The van der Waals surface area contributed by atoms with E-state index in [1.807, 2.05) is 38.1 Å². The molecule has 7 nitrogen and oxygen atoms in total. The number of aryl methyl sites for hydroxylation is 1. The summed E-state index contributed by atoms with van der Waals surface area (Å²) in [4.78, 5) is 22.0. The molecule has 8 heteroatoms. The quantitative estimate of drug-likeness (QED) is 0.486. The van der Waals surface area contributed by atoms with E-state index in [0.717, 1.165) is 11.2 Å². The molecule has 1 aromatic carbocycles. The molecule has 154 valence electrons. The minimum atomic E-state index is -0.407. The van der Waals surface area contributed by atoms with Crippen LogP contribution in [0.2, 0.25) is 0 Å². The first-order valence-electron chi connectivity index (χ1n) is 9.80. The van der Waals surface area contributed by atoms with E-state index in [9.17, 15) is 9.18 Å².